The zero-order valence-electron chi connectivity index (χ0n) is 10.9. The summed E-state index contributed by atoms with van der Waals surface area (Å²) in [7, 11) is 2.05. The minimum Gasteiger partial charge on any atom is -0.493 e. The molecule has 3 nitrogen and oxygen atoms in total. The molecule has 98 valence electrons. The van der Waals surface area contributed by atoms with Gasteiger partial charge in [-0.15, -0.1) is 0 Å². The Morgan fingerprint density at radius 2 is 2.33 bits per heavy atom. The van der Waals surface area contributed by atoms with Crippen LogP contribution in [0.1, 0.15) is 30.0 Å². The third-order valence-electron chi connectivity index (χ3n) is 4.06. The van der Waals surface area contributed by atoms with E-state index in [1.165, 1.54) is 17.5 Å². The Kier molecular flexibility index (Phi) is 3.52. The van der Waals surface area contributed by atoms with Crippen molar-refractivity contribution >= 4 is 0 Å². The Morgan fingerprint density at radius 1 is 1.39 bits per heavy atom. The molecule has 0 saturated carbocycles. The number of benzene rings is 1. The average molecular weight is 247 g/mol. The SMILES string of the molecule is CNC(CC1CCOC1)c1ccc2c(c1)CCO2. The van der Waals surface area contributed by atoms with Crippen LogP contribution in [0, 0.1) is 5.92 Å². The van der Waals surface area contributed by atoms with Crippen molar-refractivity contribution < 1.29 is 9.47 Å². The highest BCUT2D eigenvalue weighted by atomic mass is 16.5. The van der Waals surface area contributed by atoms with Crippen molar-refractivity contribution in [2.24, 2.45) is 5.92 Å². The maximum Gasteiger partial charge on any atom is 0.122 e. The third kappa shape index (κ3) is 2.38. The highest BCUT2D eigenvalue weighted by Gasteiger charge is 2.22. The molecule has 2 unspecified atom stereocenters. The van der Waals surface area contributed by atoms with E-state index in [1.807, 2.05) is 7.05 Å². The summed E-state index contributed by atoms with van der Waals surface area (Å²) in [5.41, 5.74) is 2.74. The Bertz CT molecular complexity index is 413. The minimum absolute atomic E-state index is 0.433. The summed E-state index contributed by atoms with van der Waals surface area (Å²) < 4.78 is 11.0. The van der Waals surface area contributed by atoms with E-state index >= 15 is 0 Å². The van der Waals surface area contributed by atoms with E-state index in [0.717, 1.165) is 38.4 Å². The fourth-order valence-electron chi connectivity index (χ4n) is 2.95. The molecule has 2 aliphatic rings. The van der Waals surface area contributed by atoms with E-state index < -0.39 is 0 Å². The van der Waals surface area contributed by atoms with Crippen LogP contribution in [0.15, 0.2) is 18.2 Å². The lowest BCUT2D eigenvalue weighted by atomic mass is 9.93. The van der Waals surface area contributed by atoms with Crippen LogP contribution in [0.3, 0.4) is 0 Å². The van der Waals surface area contributed by atoms with E-state index in [2.05, 4.69) is 23.5 Å². The quantitative estimate of drug-likeness (QED) is 0.885. The standard InChI is InChI=1S/C15H21NO2/c1-16-14(8-11-4-6-17-10-11)12-2-3-15-13(9-12)5-7-18-15/h2-3,9,11,14,16H,4-8,10H2,1H3. The predicted molar refractivity (Wildman–Crippen MR) is 71.0 cm³/mol. The molecule has 3 rings (SSSR count). The van der Waals surface area contributed by atoms with Crippen LogP contribution >= 0.6 is 0 Å². The lowest BCUT2D eigenvalue weighted by Gasteiger charge is -2.20. The minimum atomic E-state index is 0.433. The summed E-state index contributed by atoms with van der Waals surface area (Å²) in [5.74, 6) is 1.77. The van der Waals surface area contributed by atoms with Crippen LogP contribution in [-0.2, 0) is 11.2 Å². The molecule has 2 atom stereocenters. The number of hydrogen-bond donors (Lipinski definition) is 1. The molecule has 0 spiro atoms. The third-order valence-corrected chi connectivity index (χ3v) is 4.06. The molecule has 0 aromatic heterocycles. The molecular weight excluding hydrogens is 226 g/mol. The lowest BCUT2D eigenvalue weighted by molar-refractivity contribution is 0.181. The predicted octanol–water partition coefficient (Wildman–Crippen LogP) is 2.31. The summed E-state index contributed by atoms with van der Waals surface area (Å²) >= 11 is 0. The fourth-order valence-corrected chi connectivity index (χ4v) is 2.95. The van der Waals surface area contributed by atoms with Crippen molar-refractivity contribution in [2.75, 3.05) is 26.9 Å². The van der Waals surface area contributed by atoms with Crippen molar-refractivity contribution in [1.82, 2.24) is 5.32 Å². The van der Waals surface area contributed by atoms with E-state index in [1.54, 1.807) is 0 Å². The van der Waals surface area contributed by atoms with E-state index in [0.29, 0.717) is 12.0 Å². The molecule has 0 amide bonds. The number of ether oxygens (including phenoxy) is 2. The zero-order valence-corrected chi connectivity index (χ0v) is 10.9. The van der Waals surface area contributed by atoms with Gasteiger partial charge in [0.1, 0.15) is 5.75 Å². The molecule has 1 saturated heterocycles. The largest absolute Gasteiger partial charge is 0.493 e. The number of fused-ring (bicyclic) bond motifs is 1. The van der Waals surface area contributed by atoms with Gasteiger partial charge in [-0.2, -0.15) is 0 Å². The highest BCUT2D eigenvalue weighted by molar-refractivity contribution is 5.40. The summed E-state index contributed by atoms with van der Waals surface area (Å²) in [6.07, 6.45) is 3.41. The second kappa shape index (κ2) is 5.29. The van der Waals surface area contributed by atoms with Crippen LogP contribution in [-0.4, -0.2) is 26.9 Å². The van der Waals surface area contributed by atoms with Gasteiger partial charge in [0.2, 0.25) is 0 Å². The van der Waals surface area contributed by atoms with E-state index in [9.17, 15) is 0 Å². The van der Waals surface area contributed by atoms with Crippen LogP contribution < -0.4 is 10.1 Å². The molecular formula is C15H21NO2. The van der Waals surface area contributed by atoms with Crippen LogP contribution in [0.25, 0.3) is 0 Å². The Labute approximate surface area is 108 Å². The monoisotopic (exact) mass is 247 g/mol. The Morgan fingerprint density at radius 3 is 3.11 bits per heavy atom. The lowest BCUT2D eigenvalue weighted by Crippen LogP contribution is -2.20. The second-order valence-electron chi connectivity index (χ2n) is 5.27. The maximum atomic E-state index is 5.56. The molecule has 0 aliphatic carbocycles. The molecule has 1 aromatic carbocycles. The maximum absolute atomic E-state index is 5.56. The first-order chi connectivity index (χ1) is 8.86. The smallest absolute Gasteiger partial charge is 0.122 e. The van der Waals surface area contributed by atoms with Crippen molar-refractivity contribution in [3.8, 4) is 5.75 Å². The average Bonchev–Trinajstić information content (AvgIpc) is 3.06. The summed E-state index contributed by atoms with van der Waals surface area (Å²) in [6, 6.07) is 7.05. The van der Waals surface area contributed by atoms with Crippen molar-refractivity contribution in [3.05, 3.63) is 29.3 Å². The first-order valence-electron chi connectivity index (χ1n) is 6.87. The first kappa shape index (κ1) is 12.0. The molecule has 1 aromatic rings. The zero-order chi connectivity index (χ0) is 12.4. The molecule has 2 aliphatic heterocycles. The topological polar surface area (TPSA) is 30.5 Å². The van der Waals surface area contributed by atoms with Gasteiger partial charge in [-0.05, 0) is 43.0 Å². The summed E-state index contributed by atoms with van der Waals surface area (Å²) in [6.45, 7) is 2.69. The summed E-state index contributed by atoms with van der Waals surface area (Å²) in [4.78, 5) is 0. The normalized spacial score (nSPS) is 23.7. The van der Waals surface area contributed by atoms with Gasteiger partial charge < -0.3 is 14.8 Å². The number of nitrogens with one attached hydrogen (secondary N) is 1. The second-order valence-corrected chi connectivity index (χ2v) is 5.27. The van der Waals surface area contributed by atoms with Gasteiger partial charge in [0, 0.05) is 25.7 Å². The van der Waals surface area contributed by atoms with Gasteiger partial charge in [-0.1, -0.05) is 12.1 Å². The van der Waals surface area contributed by atoms with Gasteiger partial charge in [-0.25, -0.2) is 0 Å². The fraction of sp³-hybridized carbons (Fsp3) is 0.600. The summed E-state index contributed by atoms with van der Waals surface area (Å²) in [5, 5.41) is 3.44. The van der Waals surface area contributed by atoms with E-state index in [-0.39, 0.29) is 0 Å². The molecule has 0 bridgehead atoms. The van der Waals surface area contributed by atoms with Crippen molar-refractivity contribution in [2.45, 2.75) is 25.3 Å². The molecule has 1 fully saturated rings. The van der Waals surface area contributed by atoms with E-state index in [4.69, 9.17) is 9.47 Å². The van der Waals surface area contributed by atoms with Crippen LogP contribution in [0.2, 0.25) is 0 Å². The number of hydrogen-bond acceptors (Lipinski definition) is 3. The van der Waals surface area contributed by atoms with Crippen LogP contribution in [0.5, 0.6) is 5.75 Å². The molecule has 2 heterocycles. The van der Waals surface area contributed by atoms with Gasteiger partial charge in [0.25, 0.3) is 0 Å². The van der Waals surface area contributed by atoms with Crippen molar-refractivity contribution in [3.63, 3.8) is 0 Å². The van der Waals surface area contributed by atoms with Gasteiger partial charge in [-0.3, -0.25) is 0 Å². The van der Waals surface area contributed by atoms with Crippen LogP contribution in [0.4, 0.5) is 0 Å². The van der Waals surface area contributed by atoms with Gasteiger partial charge in [0.05, 0.1) is 6.61 Å². The number of rotatable bonds is 4. The molecule has 0 radical (unpaired) electrons. The first-order valence-corrected chi connectivity index (χ1v) is 6.87. The Balaban J connectivity index is 1.74. The van der Waals surface area contributed by atoms with Gasteiger partial charge in [0.15, 0.2) is 0 Å². The molecule has 1 N–H and O–H groups in total. The van der Waals surface area contributed by atoms with Crippen molar-refractivity contribution in [1.29, 1.82) is 0 Å². The molecule has 18 heavy (non-hydrogen) atoms. The van der Waals surface area contributed by atoms with Gasteiger partial charge >= 0.3 is 0 Å². The molecule has 3 heteroatoms. The Hall–Kier alpha value is -1.06. The highest BCUT2D eigenvalue weighted by Crippen LogP contribution is 2.31.